The van der Waals surface area contributed by atoms with Gasteiger partial charge in [-0.25, -0.2) is 4.98 Å². The zero-order chi connectivity index (χ0) is 16.9. The molecule has 0 bridgehead atoms. The van der Waals surface area contributed by atoms with Crippen LogP contribution in [-0.4, -0.2) is 30.4 Å². The molecule has 0 saturated carbocycles. The highest BCUT2D eigenvalue weighted by atomic mass is 32.1. The van der Waals surface area contributed by atoms with E-state index < -0.39 is 0 Å². The number of rotatable bonds is 5. The summed E-state index contributed by atoms with van der Waals surface area (Å²) in [5, 5.41) is 16.2. The molecule has 0 fully saturated rings. The van der Waals surface area contributed by atoms with E-state index in [1.165, 1.54) is 11.3 Å². The second kappa shape index (κ2) is 7.14. The molecule has 0 saturated heterocycles. The number of hydrazone groups is 1. The van der Waals surface area contributed by atoms with Gasteiger partial charge in [0.2, 0.25) is 5.13 Å². The summed E-state index contributed by atoms with van der Waals surface area (Å²) in [5.74, 6) is 0.247. The zero-order valence-electron chi connectivity index (χ0n) is 13.5. The average Bonchev–Trinajstić information content (AvgIpc) is 3.05. The maximum atomic E-state index is 9.33. The Morgan fingerprint density at radius 1 is 1.08 bits per heavy atom. The van der Waals surface area contributed by atoms with E-state index in [9.17, 15) is 5.11 Å². The molecular weight excluding hydrogens is 320 g/mol. The summed E-state index contributed by atoms with van der Waals surface area (Å²) in [5.41, 5.74) is 6.93. The molecule has 3 rings (SSSR count). The molecule has 6 heteroatoms. The van der Waals surface area contributed by atoms with Crippen molar-refractivity contribution in [2.45, 2.75) is 0 Å². The molecule has 0 amide bonds. The molecular formula is C18H18N4OS. The monoisotopic (exact) mass is 338 g/mol. The summed E-state index contributed by atoms with van der Waals surface area (Å²) in [6.45, 7) is 0. The van der Waals surface area contributed by atoms with E-state index in [2.05, 4.69) is 20.4 Å². The van der Waals surface area contributed by atoms with Crippen LogP contribution in [0.2, 0.25) is 0 Å². The number of hydrogen-bond donors (Lipinski definition) is 2. The van der Waals surface area contributed by atoms with Gasteiger partial charge < -0.3 is 10.0 Å². The Labute approximate surface area is 144 Å². The number of benzene rings is 2. The molecule has 0 aliphatic rings. The lowest BCUT2D eigenvalue weighted by Crippen LogP contribution is -2.08. The molecule has 1 aromatic heterocycles. The van der Waals surface area contributed by atoms with Crippen LogP contribution in [0.3, 0.4) is 0 Å². The minimum atomic E-state index is 0.247. The van der Waals surface area contributed by atoms with E-state index in [4.69, 9.17) is 0 Å². The van der Waals surface area contributed by atoms with Crippen LogP contribution in [0.25, 0.3) is 11.3 Å². The number of nitrogens with one attached hydrogen (secondary N) is 1. The number of anilines is 2. The van der Waals surface area contributed by atoms with Crippen molar-refractivity contribution in [3.8, 4) is 17.0 Å². The molecule has 2 N–H and O–H groups in total. The lowest BCUT2D eigenvalue weighted by molar-refractivity contribution is 0.475. The quantitative estimate of drug-likeness (QED) is 0.545. The molecule has 5 nitrogen and oxygen atoms in total. The van der Waals surface area contributed by atoms with Gasteiger partial charge in [0.1, 0.15) is 5.75 Å². The molecule has 0 radical (unpaired) electrons. The number of nitrogens with zero attached hydrogens (tertiary/aromatic N) is 3. The number of aromatic nitrogens is 1. The molecule has 0 aliphatic carbocycles. The summed E-state index contributed by atoms with van der Waals surface area (Å²) in [4.78, 5) is 6.54. The predicted octanol–water partition coefficient (Wildman–Crippen LogP) is 4.03. The van der Waals surface area contributed by atoms with E-state index in [0.29, 0.717) is 0 Å². The lowest BCUT2D eigenvalue weighted by atomic mass is 10.2. The minimum Gasteiger partial charge on any atom is -0.508 e. The maximum absolute atomic E-state index is 9.33. The number of hydrogen-bond acceptors (Lipinski definition) is 6. The Morgan fingerprint density at radius 2 is 1.79 bits per heavy atom. The van der Waals surface area contributed by atoms with Crippen LogP contribution < -0.4 is 10.3 Å². The Kier molecular flexibility index (Phi) is 4.77. The number of thiazole rings is 1. The predicted molar refractivity (Wildman–Crippen MR) is 101 cm³/mol. The normalized spacial score (nSPS) is 10.9. The third-order valence-electron chi connectivity index (χ3n) is 3.45. The van der Waals surface area contributed by atoms with Gasteiger partial charge in [-0.3, -0.25) is 5.43 Å². The number of aromatic hydroxyl groups is 1. The Morgan fingerprint density at radius 3 is 2.46 bits per heavy atom. The SMILES string of the molecule is CN(C)c1ccc(C=NNc2nc(-c3ccc(O)cc3)cs2)cc1. The van der Waals surface area contributed by atoms with Gasteiger partial charge in [-0.1, -0.05) is 12.1 Å². The minimum absolute atomic E-state index is 0.247. The molecule has 1 heterocycles. The van der Waals surface area contributed by atoms with Gasteiger partial charge in [0.25, 0.3) is 0 Å². The zero-order valence-corrected chi connectivity index (χ0v) is 14.3. The molecule has 2 aromatic carbocycles. The average molecular weight is 338 g/mol. The van der Waals surface area contributed by atoms with Crippen LogP contribution in [0.15, 0.2) is 59.0 Å². The highest BCUT2D eigenvalue weighted by molar-refractivity contribution is 7.14. The van der Waals surface area contributed by atoms with Gasteiger partial charge in [-0.05, 0) is 42.0 Å². The van der Waals surface area contributed by atoms with Crippen molar-refractivity contribution in [3.63, 3.8) is 0 Å². The van der Waals surface area contributed by atoms with Gasteiger partial charge >= 0.3 is 0 Å². The van der Waals surface area contributed by atoms with Crippen LogP contribution >= 0.6 is 11.3 Å². The van der Waals surface area contributed by atoms with E-state index in [1.54, 1.807) is 18.3 Å². The van der Waals surface area contributed by atoms with Gasteiger partial charge in [0, 0.05) is 30.7 Å². The van der Waals surface area contributed by atoms with Gasteiger partial charge in [0.05, 0.1) is 11.9 Å². The molecule has 24 heavy (non-hydrogen) atoms. The first kappa shape index (κ1) is 16.0. The summed E-state index contributed by atoms with van der Waals surface area (Å²) >= 11 is 1.48. The van der Waals surface area contributed by atoms with Gasteiger partial charge in [-0.2, -0.15) is 5.10 Å². The fraction of sp³-hybridized carbons (Fsp3) is 0.111. The number of phenolic OH excluding ortho intramolecular Hbond substituents is 1. The second-order valence-electron chi connectivity index (χ2n) is 5.44. The van der Waals surface area contributed by atoms with Crippen molar-refractivity contribution in [2.24, 2.45) is 5.10 Å². The van der Waals surface area contributed by atoms with Crippen molar-refractivity contribution in [2.75, 3.05) is 24.4 Å². The summed E-state index contributed by atoms with van der Waals surface area (Å²) in [6.07, 6.45) is 1.76. The van der Waals surface area contributed by atoms with Crippen LogP contribution in [0.4, 0.5) is 10.8 Å². The van der Waals surface area contributed by atoms with Crippen molar-refractivity contribution in [1.82, 2.24) is 4.98 Å². The summed E-state index contributed by atoms with van der Waals surface area (Å²) in [6, 6.07) is 15.1. The van der Waals surface area contributed by atoms with E-state index >= 15 is 0 Å². The Balaban J connectivity index is 1.63. The maximum Gasteiger partial charge on any atom is 0.203 e. The Hall–Kier alpha value is -2.86. The third kappa shape index (κ3) is 3.91. The fourth-order valence-electron chi connectivity index (χ4n) is 2.11. The van der Waals surface area contributed by atoms with Crippen LogP contribution in [0, 0.1) is 0 Å². The standard InChI is InChI=1S/C18H18N4OS/c1-22(2)15-7-3-13(4-8-15)11-19-21-18-20-17(12-24-18)14-5-9-16(23)10-6-14/h3-12,23H,1-2H3,(H,20,21). The van der Waals surface area contributed by atoms with Gasteiger partial charge in [0.15, 0.2) is 0 Å². The highest BCUT2D eigenvalue weighted by Gasteiger charge is 2.03. The largest absolute Gasteiger partial charge is 0.508 e. The first-order valence-corrected chi connectivity index (χ1v) is 8.31. The van der Waals surface area contributed by atoms with Crippen molar-refractivity contribution < 1.29 is 5.11 Å². The third-order valence-corrected chi connectivity index (χ3v) is 4.20. The molecule has 0 atom stereocenters. The van der Waals surface area contributed by atoms with Crippen LogP contribution in [0.5, 0.6) is 5.75 Å². The van der Waals surface area contributed by atoms with E-state index in [0.717, 1.165) is 27.6 Å². The molecule has 0 spiro atoms. The van der Waals surface area contributed by atoms with Crippen molar-refractivity contribution in [1.29, 1.82) is 0 Å². The first-order chi connectivity index (χ1) is 11.6. The van der Waals surface area contributed by atoms with Crippen LogP contribution in [0.1, 0.15) is 5.56 Å². The van der Waals surface area contributed by atoms with E-state index in [1.807, 2.05) is 55.9 Å². The fourth-order valence-corrected chi connectivity index (χ4v) is 2.78. The smallest absolute Gasteiger partial charge is 0.203 e. The van der Waals surface area contributed by atoms with Gasteiger partial charge in [-0.15, -0.1) is 11.3 Å². The van der Waals surface area contributed by atoms with E-state index in [-0.39, 0.29) is 5.75 Å². The topological polar surface area (TPSA) is 60.8 Å². The molecule has 0 unspecified atom stereocenters. The lowest BCUT2D eigenvalue weighted by Gasteiger charge is -2.11. The summed E-state index contributed by atoms with van der Waals surface area (Å²) in [7, 11) is 4.03. The number of phenols is 1. The van der Waals surface area contributed by atoms with Crippen LogP contribution in [-0.2, 0) is 0 Å². The first-order valence-electron chi connectivity index (χ1n) is 7.43. The highest BCUT2D eigenvalue weighted by Crippen LogP contribution is 2.26. The van der Waals surface area contributed by atoms with Crippen molar-refractivity contribution in [3.05, 3.63) is 59.5 Å². The second-order valence-corrected chi connectivity index (χ2v) is 6.30. The molecule has 3 aromatic rings. The van der Waals surface area contributed by atoms with Crippen molar-refractivity contribution >= 4 is 28.4 Å². The Bertz CT molecular complexity index is 823. The molecule has 0 aliphatic heterocycles. The molecule has 122 valence electrons. The summed E-state index contributed by atoms with van der Waals surface area (Å²) < 4.78 is 0.